The van der Waals surface area contributed by atoms with Crippen molar-refractivity contribution in [2.24, 2.45) is 17.3 Å². The fourth-order valence-corrected chi connectivity index (χ4v) is 2.39. The van der Waals surface area contributed by atoms with E-state index in [-0.39, 0.29) is 17.2 Å². The van der Waals surface area contributed by atoms with Crippen LogP contribution >= 0.6 is 0 Å². The van der Waals surface area contributed by atoms with Gasteiger partial charge >= 0.3 is 0 Å². The number of methoxy groups -OCH3 is 1. The van der Waals surface area contributed by atoms with Crippen molar-refractivity contribution in [1.82, 2.24) is 5.32 Å². The second-order valence-electron chi connectivity index (χ2n) is 5.71. The predicted molar refractivity (Wildman–Crippen MR) is 69.7 cm³/mol. The van der Waals surface area contributed by atoms with Gasteiger partial charge in [0.05, 0.1) is 5.92 Å². The standard InChI is InChI=1S/C14H25NO2/c1-10(2)9-11-12(14(11,3)4)13(16)15-7-6-8-17-5/h9,11-12H,6-8H2,1-5H3,(H,15,16)/t11-,12+/m1/s1. The molecule has 1 aliphatic carbocycles. The second-order valence-corrected chi connectivity index (χ2v) is 5.71. The Morgan fingerprint density at radius 2 is 2.06 bits per heavy atom. The number of rotatable bonds is 6. The Balaban J connectivity index is 2.41. The maximum Gasteiger partial charge on any atom is 0.224 e. The van der Waals surface area contributed by atoms with Gasteiger partial charge in [0.15, 0.2) is 0 Å². The number of carbonyl (C=O) groups is 1. The number of allylic oxidation sites excluding steroid dienone is 2. The molecule has 0 heterocycles. The largest absolute Gasteiger partial charge is 0.385 e. The molecule has 2 atom stereocenters. The average molecular weight is 239 g/mol. The minimum Gasteiger partial charge on any atom is -0.385 e. The van der Waals surface area contributed by atoms with Gasteiger partial charge in [0.2, 0.25) is 5.91 Å². The van der Waals surface area contributed by atoms with E-state index >= 15 is 0 Å². The fraction of sp³-hybridized carbons (Fsp3) is 0.786. The SMILES string of the molecule is COCCCNC(=O)[C@@H]1[C@@H](C=C(C)C)C1(C)C. The van der Waals surface area contributed by atoms with Crippen molar-refractivity contribution in [2.75, 3.05) is 20.3 Å². The van der Waals surface area contributed by atoms with Crippen molar-refractivity contribution in [2.45, 2.75) is 34.1 Å². The van der Waals surface area contributed by atoms with Gasteiger partial charge in [0.1, 0.15) is 0 Å². The lowest BCUT2D eigenvalue weighted by Crippen LogP contribution is -2.28. The molecule has 1 saturated carbocycles. The Hall–Kier alpha value is -0.830. The zero-order chi connectivity index (χ0) is 13.1. The van der Waals surface area contributed by atoms with Crippen molar-refractivity contribution in [1.29, 1.82) is 0 Å². The third-order valence-corrected chi connectivity index (χ3v) is 3.53. The van der Waals surface area contributed by atoms with Gasteiger partial charge in [-0.1, -0.05) is 25.5 Å². The van der Waals surface area contributed by atoms with Gasteiger partial charge in [-0.15, -0.1) is 0 Å². The van der Waals surface area contributed by atoms with Crippen LogP contribution in [0.4, 0.5) is 0 Å². The molecule has 98 valence electrons. The van der Waals surface area contributed by atoms with Gasteiger partial charge in [-0.25, -0.2) is 0 Å². The molecule has 1 fully saturated rings. The first kappa shape index (κ1) is 14.2. The summed E-state index contributed by atoms with van der Waals surface area (Å²) in [4.78, 5) is 12.0. The number of carbonyl (C=O) groups excluding carboxylic acids is 1. The first-order valence-corrected chi connectivity index (χ1v) is 6.33. The lowest BCUT2D eigenvalue weighted by Gasteiger charge is -2.05. The Morgan fingerprint density at radius 1 is 1.41 bits per heavy atom. The summed E-state index contributed by atoms with van der Waals surface area (Å²) in [7, 11) is 1.68. The molecule has 17 heavy (non-hydrogen) atoms. The van der Waals surface area contributed by atoms with Crippen molar-refractivity contribution in [3.05, 3.63) is 11.6 Å². The minimum atomic E-state index is 0.114. The number of amides is 1. The molecule has 0 unspecified atom stereocenters. The van der Waals surface area contributed by atoms with Crippen molar-refractivity contribution in [3.8, 4) is 0 Å². The normalized spacial score (nSPS) is 25.2. The zero-order valence-corrected chi connectivity index (χ0v) is 11.7. The molecule has 1 aliphatic rings. The molecular weight excluding hydrogens is 214 g/mol. The highest BCUT2D eigenvalue weighted by Crippen LogP contribution is 2.59. The van der Waals surface area contributed by atoms with E-state index in [0.29, 0.717) is 19.1 Å². The van der Waals surface area contributed by atoms with Crippen LogP contribution in [0, 0.1) is 17.3 Å². The summed E-state index contributed by atoms with van der Waals surface area (Å²) >= 11 is 0. The maximum absolute atomic E-state index is 12.0. The molecule has 0 aromatic rings. The molecule has 0 radical (unpaired) electrons. The Bertz CT molecular complexity index is 303. The van der Waals surface area contributed by atoms with Gasteiger partial charge in [0.25, 0.3) is 0 Å². The van der Waals surface area contributed by atoms with Gasteiger partial charge < -0.3 is 10.1 Å². The van der Waals surface area contributed by atoms with Crippen LogP contribution in [0.15, 0.2) is 11.6 Å². The van der Waals surface area contributed by atoms with Crippen LogP contribution in [0.25, 0.3) is 0 Å². The number of hydrogen-bond donors (Lipinski definition) is 1. The Kier molecular flexibility index (Phi) is 4.75. The third kappa shape index (κ3) is 3.56. The van der Waals surface area contributed by atoms with Crippen LogP contribution in [-0.4, -0.2) is 26.2 Å². The van der Waals surface area contributed by atoms with Crippen molar-refractivity contribution in [3.63, 3.8) is 0 Å². The average Bonchev–Trinajstić information content (AvgIpc) is 2.74. The van der Waals surface area contributed by atoms with Gasteiger partial charge in [-0.2, -0.15) is 0 Å². The quantitative estimate of drug-likeness (QED) is 0.571. The van der Waals surface area contributed by atoms with Crippen LogP contribution in [-0.2, 0) is 9.53 Å². The van der Waals surface area contributed by atoms with Crippen LogP contribution in [0.1, 0.15) is 34.1 Å². The van der Waals surface area contributed by atoms with E-state index in [4.69, 9.17) is 4.74 Å². The predicted octanol–water partition coefficient (Wildman–Crippen LogP) is 2.38. The van der Waals surface area contributed by atoms with Crippen LogP contribution in [0.3, 0.4) is 0 Å². The number of hydrogen-bond acceptors (Lipinski definition) is 2. The summed E-state index contributed by atoms with van der Waals surface area (Å²) in [6, 6.07) is 0. The molecule has 0 aromatic heterocycles. The Morgan fingerprint density at radius 3 is 2.59 bits per heavy atom. The lowest BCUT2D eigenvalue weighted by molar-refractivity contribution is -0.123. The van der Waals surface area contributed by atoms with Crippen molar-refractivity contribution < 1.29 is 9.53 Å². The van der Waals surface area contributed by atoms with E-state index in [1.54, 1.807) is 7.11 Å². The van der Waals surface area contributed by atoms with Crippen molar-refractivity contribution >= 4 is 5.91 Å². The van der Waals surface area contributed by atoms with E-state index in [0.717, 1.165) is 6.42 Å². The van der Waals surface area contributed by atoms with Crippen LogP contribution in [0.5, 0.6) is 0 Å². The molecule has 1 amide bonds. The number of ether oxygens (including phenoxy) is 1. The first-order chi connectivity index (χ1) is 7.91. The molecule has 1 rings (SSSR count). The summed E-state index contributed by atoms with van der Waals surface area (Å²) in [5.74, 6) is 0.725. The molecule has 0 aliphatic heterocycles. The van der Waals surface area contributed by atoms with Crippen LogP contribution in [0.2, 0.25) is 0 Å². The summed E-state index contributed by atoms with van der Waals surface area (Å²) < 4.78 is 4.95. The molecule has 3 heteroatoms. The minimum absolute atomic E-state index is 0.114. The molecule has 3 nitrogen and oxygen atoms in total. The summed E-state index contributed by atoms with van der Waals surface area (Å²) in [6.45, 7) is 9.91. The van der Waals surface area contributed by atoms with Gasteiger partial charge in [-0.3, -0.25) is 4.79 Å². The highest BCUT2D eigenvalue weighted by molar-refractivity contribution is 5.83. The topological polar surface area (TPSA) is 38.3 Å². The lowest BCUT2D eigenvalue weighted by atomic mass is 10.1. The molecule has 0 saturated heterocycles. The monoisotopic (exact) mass is 239 g/mol. The van der Waals surface area contributed by atoms with E-state index in [1.165, 1.54) is 5.57 Å². The summed E-state index contributed by atoms with van der Waals surface area (Å²) in [5.41, 5.74) is 1.40. The summed E-state index contributed by atoms with van der Waals surface area (Å²) in [6.07, 6.45) is 3.10. The summed E-state index contributed by atoms with van der Waals surface area (Å²) in [5, 5.41) is 2.99. The third-order valence-electron chi connectivity index (χ3n) is 3.53. The molecule has 0 spiro atoms. The Labute approximate surface area is 105 Å². The second kappa shape index (κ2) is 5.67. The molecule has 0 bridgehead atoms. The van der Waals surface area contributed by atoms with E-state index in [1.807, 2.05) is 0 Å². The maximum atomic E-state index is 12.0. The molecule has 1 N–H and O–H groups in total. The van der Waals surface area contributed by atoms with Crippen LogP contribution < -0.4 is 5.32 Å². The number of nitrogens with one attached hydrogen (secondary N) is 1. The first-order valence-electron chi connectivity index (χ1n) is 6.33. The molecule has 0 aromatic carbocycles. The zero-order valence-electron chi connectivity index (χ0n) is 11.7. The fourth-order valence-electron chi connectivity index (χ4n) is 2.39. The van der Waals surface area contributed by atoms with Gasteiger partial charge in [-0.05, 0) is 31.6 Å². The van der Waals surface area contributed by atoms with E-state index in [9.17, 15) is 4.79 Å². The van der Waals surface area contributed by atoms with E-state index in [2.05, 4.69) is 39.1 Å². The highest BCUT2D eigenvalue weighted by Gasteiger charge is 2.60. The smallest absolute Gasteiger partial charge is 0.224 e. The van der Waals surface area contributed by atoms with E-state index < -0.39 is 0 Å². The highest BCUT2D eigenvalue weighted by atomic mass is 16.5. The molecular formula is C14H25NO2. The van der Waals surface area contributed by atoms with Gasteiger partial charge in [0, 0.05) is 20.3 Å².